The average Bonchev–Trinajstić information content (AvgIpc) is 2.70. The maximum Gasteiger partial charge on any atom is 0.264 e. The Balaban J connectivity index is 1.56. The molecule has 3 rings (SSSR count). The van der Waals surface area contributed by atoms with E-state index in [0.29, 0.717) is 5.75 Å². The molecule has 5 nitrogen and oxygen atoms in total. The molecule has 0 fully saturated rings. The third-order valence-corrected chi connectivity index (χ3v) is 5.53. The number of benzene rings is 3. The van der Waals surface area contributed by atoms with Gasteiger partial charge in [-0.1, -0.05) is 60.2 Å². The predicted octanol–water partition coefficient (Wildman–Crippen LogP) is 3.94. The van der Waals surface area contributed by atoms with Gasteiger partial charge in [0, 0.05) is 0 Å². The quantitative estimate of drug-likeness (QED) is 0.658. The van der Waals surface area contributed by atoms with Gasteiger partial charge in [-0.05, 0) is 42.3 Å². The van der Waals surface area contributed by atoms with Crippen molar-refractivity contribution < 1.29 is 17.9 Å². The van der Waals surface area contributed by atoms with Crippen LogP contribution in [0.15, 0.2) is 83.8 Å². The van der Waals surface area contributed by atoms with E-state index in [1.54, 1.807) is 24.3 Å². The highest BCUT2D eigenvalue weighted by atomic mass is 32.2. The van der Waals surface area contributed by atoms with Crippen LogP contribution in [0.1, 0.15) is 12.0 Å². The fraction of sp³-hybridized carbons (Fsp3) is 0.136. The van der Waals surface area contributed by atoms with Gasteiger partial charge < -0.3 is 4.74 Å². The first-order valence-electron chi connectivity index (χ1n) is 8.85. The van der Waals surface area contributed by atoms with E-state index in [2.05, 4.69) is 4.72 Å². The summed E-state index contributed by atoms with van der Waals surface area (Å²) in [5, 5.41) is 0. The topological polar surface area (TPSA) is 72.5 Å². The molecule has 0 radical (unpaired) electrons. The molecule has 28 heavy (non-hydrogen) atoms. The van der Waals surface area contributed by atoms with E-state index >= 15 is 0 Å². The molecule has 0 saturated carbocycles. The number of hydrogen-bond acceptors (Lipinski definition) is 4. The Morgan fingerprint density at radius 1 is 0.857 bits per heavy atom. The molecule has 0 aromatic heterocycles. The highest BCUT2D eigenvalue weighted by Crippen LogP contribution is 2.21. The lowest BCUT2D eigenvalue weighted by Crippen LogP contribution is -2.31. The van der Waals surface area contributed by atoms with Gasteiger partial charge in [-0.3, -0.25) is 4.79 Å². The summed E-state index contributed by atoms with van der Waals surface area (Å²) in [7, 11) is -3.91. The second-order valence-corrected chi connectivity index (χ2v) is 8.01. The van der Waals surface area contributed by atoms with Crippen molar-refractivity contribution in [3.05, 3.63) is 84.4 Å². The number of ether oxygens (including phenoxy) is 1. The highest BCUT2D eigenvalue weighted by molar-refractivity contribution is 7.90. The van der Waals surface area contributed by atoms with Crippen LogP contribution >= 0.6 is 0 Å². The van der Waals surface area contributed by atoms with E-state index in [9.17, 15) is 13.2 Å². The number of amides is 1. The van der Waals surface area contributed by atoms with E-state index in [1.807, 2.05) is 49.4 Å². The standard InChI is InChI=1S/C22H21NO4S/c1-17-7-11-20(12-8-17)27-16-15-22(24)23-28(25,26)21-13-9-19(10-14-21)18-5-3-2-4-6-18/h2-14H,15-16H2,1H3,(H,23,24). The summed E-state index contributed by atoms with van der Waals surface area (Å²) in [6, 6.07) is 23.5. The first-order valence-corrected chi connectivity index (χ1v) is 10.3. The predicted molar refractivity (Wildman–Crippen MR) is 108 cm³/mol. The molecule has 3 aromatic rings. The second kappa shape index (κ2) is 8.71. The normalized spacial score (nSPS) is 11.0. The summed E-state index contributed by atoms with van der Waals surface area (Å²) in [4.78, 5) is 12.0. The maximum absolute atomic E-state index is 12.4. The molecule has 0 bridgehead atoms. The molecular formula is C22H21NO4S. The Kier molecular flexibility index (Phi) is 6.11. The fourth-order valence-corrected chi connectivity index (χ4v) is 3.63. The molecule has 3 aromatic carbocycles. The smallest absolute Gasteiger partial charge is 0.264 e. The summed E-state index contributed by atoms with van der Waals surface area (Å²) in [5.74, 6) is 0.0250. The van der Waals surface area contributed by atoms with E-state index in [0.717, 1.165) is 16.7 Å². The van der Waals surface area contributed by atoms with Crippen LogP contribution in [0, 0.1) is 6.92 Å². The minimum atomic E-state index is -3.91. The molecule has 144 valence electrons. The van der Waals surface area contributed by atoms with Crippen molar-refractivity contribution in [3.8, 4) is 16.9 Å². The van der Waals surface area contributed by atoms with Crippen molar-refractivity contribution in [1.82, 2.24) is 4.72 Å². The number of hydrogen-bond donors (Lipinski definition) is 1. The van der Waals surface area contributed by atoms with Crippen LogP contribution in [0.4, 0.5) is 0 Å². The summed E-state index contributed by atoms with van der Waals surface area (Å²) < 4.78 is 32.3. The molecule has 1 amide bonds. The molecule has 0 aliphatic heterocycles. The largest absolute Gasteiger partial charge is 0.493 e. The number of nitrogens with one attached hydrogen (secondary N) is 1. The Labute approximate surface area is 165 Å². The first-order chi connectivity index (χ1) is 13.4. The van der Waals surface area contributed by atoms with Crippen molar-refractivity contribution in [3.63, 3.8) is 0 Å². The molecule has 6 heteroatoms. The van der Waals surface area contributed by atoms with E-state index in [-0.39, 0.29) is 17.9 Å². The minimum Gasteiger partial charge on any atom is -0.493 e. The lowest BCUT2D eigenvalue weighted by Gasteiger charge is -2.09. The second-order valence-electron chi connectivity index (χ2n) is 6.33. The summed E-state index contributed by atoms with van der Waals surface area (Å²) in [6.07, 6.45) is -0.0603. The zero-order chi connectivity index (χ0) is 20.0. The van der Waals surface area contributed by atoms with Gasteiger partial charge in [0.05, 0.1) is 17.9 Å². The lowest BCUT2D eigenvalue weighted by atomic mass is 10.1. The van der Waals surface area contributed by atoms with Crippen molar-refractivity contribution in [1.29, 1.82) is 0 Å². The monoisotopic (exact) mass is 395 g/mol. The Morgan fingerprint density at radius 2 is 1.46 bits per heavy atom. The highest BCUT2D eigenvalue weighted by Gasteiger charge is 2.17. The van der Waals surface area contributed by atoms with Crippen LogP contribution < -0.4 is 9.46 Å². The molecule has 0 unspecified atom stereocenters. The van der Waals surface area contributed by atoms with Gasteiger partial charge in [-0.2, -0.15) is 0 Å². The van der Waals surface area contributed by atoms with Crippen molar-refractivity contribution >= 4 is 15.9 Å². The van der Waals surface area contributed by atoms with E-state index < -0.39 is 15.9 Å². The number of aryl methyl sites for hydroxylation is 1. The lowest BCUT2D eigenvalue weighted by molar-refractivity contribution is -0.119. The molecule has 0 aliphatic carbocycles. The van der Waals surface area contributed by atoms with Crippen molar-refractivity contribution in [2.75, 3.05) is 6.61 Å². The number of sulfonamides is 1. The van der Waals surface area contributed by atoms with Gasteiger partial charge in [0.2, 0.25) is 5.91 Å². The fourth-order valence-electron chi connectivity index (χ4n) is 2.61. The SMILES string of the molecule is Cc1ccc(OCCC(=O)NS(=O)(=O)c2ccc(-c3ccccc3)cc2)cc1. The minimum absolute atomic E-state index is 0.0417. The van der Waals surface area contributed by atoms with Crippen molar-refractivity contribution in [2.24, 2.45) is 0 Å². The van der Waals surface area contributed by atoms with E-state index in [4.69, 9.17) is 4.74 Å². The number of carbonyl (C=O) groups is 1. The van der Waals surface area contributed by atoms with Crippen LogP contribution in [0.3, 0.4) is 0 Å². The third-order valence-electron chi connectivity index (χ3n) is 4.14. The number of carbonyl (C=O) groups excluding carboxylic acids is 1. The van der Waals surface area contributed by atoms with Crippen LogP contribution in [0.5, 0.6) is 5.75 Å². The van der Waals surface area contributed by atoms with Gasteiger partial charge in [-0.25, -0.2) is 13.1 Å². The van der Waals surface area contributed by atoms with Gasteiger partial charge in [0.25, 0.3) is 10.0 Å². The molecule has 0 spiro atoms. The van der Waals surface area contributed by atoms with Crippen molar-refractivity contribution in [2.45, 2.75) is 18.2 Å². The maximum atomic E-state index is 12.4. The summed E-state index contributed by atoms with van der Waals surface area (Å²) in [5.41, 5.74) is 3.00. The molecule has 0 aliphatic rings. The Hall–Kier alpha value is -3.12. The van der Waals surface area contributed by atoms with Gasteiger partial charge >= 0.3 is 0 Å². The Morgan fingerprint density at radius 3 is 2.11 bits per heavy atom. The summed E-state index contributed by atoms with van der Waals surface area (Å²) in [6.45, 7) is 2.06. The average molecular weight is 395 g/mol. The molecular weight excluding hydrogens is 374 g/mol. The molecule has 0 atom stereocenters. The van der Waals surface area contributed by atoms with Crippen LogP contribution in [-0.4, -0.2) is 20.9 Å². The van der Waals surface area contributed by atoms with Gasteiger partial charge in [0.1, 0.15) is 5.75 Å². The van der Waals surface area contributed by atoms with Gasteiger partial charge in [0.15, 0.2) is 0 Å². The molecule has 0 heterocycles. The van der Waals surface area contributed by atoms with Crippen LogP contribution in [0.2, 0.25) is 0 Å². The van der Waals surface area contributed by atoms with E-state index in [1.165, 1.54) is 12.1 Å². The number of rotatable bonds is 7. The zero-order valence-electron chi connectivity index (χ0n) is 15.5. The Bertz CT molecular complexity index is 1030. The van der Waals surface area contributed by atoms with Gasteiger partial charge in [-0.15, -0.1) is 0 Å². The molecule has 0 saturated heterocycles. The van der Waals surface area contributed by atoms with Crippen LogP contribution in [0.25, 0.3) is 11.1 Å². The first kappa shape index (κ1) is 19.6. The summed E-state index contributed by atoms with van der Waals surface area (Å²) >= 11 is 0. The molecule has 1 N–H and O–H groups in total. The van der Waals surface area contributed by atoms with Crippen LogP contribution in [-0.2, 0) is 14.8 Å². The zero-order valence-corrected chi connectivity index (χ0v) is 16.3. The third kappa shape index (κ3) is 5.20.